The van der Waals surface area contributed by atoms with Gasteiger partial charge in [0.05, 0.1) is 6.61 Å². The highest BCUT2D eigenvalue weighted by Crippen LogP contribution is 2.60. The molecule has 4 saturated carbocycles. The van der Waals surface area contributed by atoms with E-state index in [1.807, 2.05) is 0 Å². The van der Waals surface area contributed by atoms with Crippen molar-refractivity contribution in [1.82, 2.24) is 4.13 Å². The zero-order valence-corrected chi connectivity index (χ0v) is 16.0. The highest BCUT2D eigenvalue weighted by atomic mass is 32.3. The Kier molecular flexibility index (Phi) is 5.03. The number of hydrogen-bond acceptors (Lipinski definition) is 6. The van der Waals surface area contributed by atoms with Crippen molar-refractivity contribution in [3.05, 3.63) is 0 Å². The van der Waals surface area contributed by atoms with Gasteiger partial charge >= 0.3 is 36.8 Å². The topological polar surface area (TPSA) is 107 Å². The van der Waals surface area contributed by atoms with E-state index < -0.39 is 48.8 Å². The quantitative estimate of drug-likeness (QED) is 0.486. The van der Waals surface area contributed by atoms with Gasteiger partial charge in [-0.1, -0.05) is 4.13 Å². The molecule has 28 heavy (non-hydrogen) atoms. The lowest BCUT2D eigenvalue weighted by Gasteiger charge is -2.56. The number of esters is 1. The highest BCUT2D eigenvalue weighted by molar-refractivity contribution is 8.05. The summed E-state index contributed by atoms with van der Waals surface area (Å²) in [5, 5.41) is -5.51. The fourth-order valence-electron chi connectivity index (χ4n) is 5.12. The Hall–Kier alpha value is -1.02. The van der Waals surface area contributed by atoms with E-state index in [2.05, 4.69) is 4.74 Å². The molecule has 4 fully saturated rings. The van der Waals surface area contributed by atoms with Crippen molar-refractivity contribution in [2.45, 2.75) is 49.3 Å². The van der Waals surface area contributed by atoms with Gasteiger partial charge in [-0.25, -0.2) is 21.6 Å². The van der Waals surface area contributed by atoms with Crippen LogP contribution in [-0.4, -0.2) is 40.2 Å². The van der Waals surface area contributed by atoms with Crippen LogP contribution in [0.1, 0.15) is 38.5 Å². The molecule has 0 aromatic carbocycles. The summed E-state index contributed by atoms with van der Waals surface area (Å²) in [4.78, 5) is 11.7. The lowest BCUT2D eigenvalue weighted by atomic mass is 9.50. The second-order valence-electron chi connectivity index (χ2n) is 8.05. The predicted molar refractivity (Wildman–Crippen MR) is 83.5 cm³/mol. The fraction of sp³-hybridized carbons (Fsp3) is 0.929. The first-order valence-corrected chi connectivity index (χ1v) is 11.4. The van der Waals surface area contributed by atoms with Crippen LogP contribution in [0.2, 0.25) is 0 Å². The normalized spacial score (nSPS) is 33.1. The largest absolute Gasteiger partial charge is 0.512 e. The average molecular weight is 455 g/mol. The molecule has 4 bridgehead atoms. The minimum atomic E-state index is -6.65. The van der Waals surface area contributed by atoms with Crippen LogP contribution in [0.4, 0.5) is 22.0 Å². The van der Waals surface area contributed by atoms with E-state index in [0.717, 1.165) is 19.3 Å². The summed E-state index contributed by atoms with van der Waals surface area (Å²) in [5.74, 6) is -1.46. The van der Waals surface area contributed by atoms with Gasteiger partial charge in [-0.05, 0) is 56.3 Å². The summed E-state index contributed by atoms with van der Waals surface area (Å²) >= 11 is 0. The first-order valence-electron chi connectivity index (χ1n) is 8.46. The molecule has 0 saturated heterocycles. The molecular formula is C14H18F5NO6S2. The number of hydrogen-bond donors (Lipinski definition) is 1. The highest BCUT2D eigenvalue weighted by Gasteiger charge is 2.60. The van der Waals surface area contributed by atoms with Gasteiger partial charge in [-0.3, -0.25) is 0 Å². The summed E-state index contributed by atoms with van der Waals surface area (Å²) in [6.45, 7) is -0.480. The molecule has 0 spiro atoms. The second-order valence-corrected chi connectivity index (χ2v) is 11.7. The van der Waals surface area contributed by atoms with Gasteiger partial charge in [-0.2, -0.15) is 22.0 Å². The molecule has 4 rings (SSSR count). The minimum absolute atomic E-state index is 0.144. The molecular weight excluding hydrogens is 437 g/mol. The summed E-state index contributed by atoms with van der Waals surface area (Å²) in [6, 6.07) is 0. The van der Waals surface area contributed by atoms with Crippen molar-refractivity contribution in [2.24, 2.45) is 23.2 Å². The SMILES string of the molecule is O=C(OCC12CC3CC(CC(C3)C1)C2)C(F)(F)S(=O)(=O)NS(=O)(=O)C(F)(F)F. The molecule has 0 aromatic heterocycles. The van der Waals surface area contributed by atoms with Gasteiger partial charge in [-0.15, -0.1) is 0 Å². The van der Waals surface area contributed by atoms with Crippen LogP contribution in [0.3, 0.4) is 0 Å². The first-order chi connectivity index (χ1) is 12.6. The molecule has 0 heterocycles. The van der Waals surface area contributed by atoms with Gasteiger partial charge in [0.25, 0.3) is 0 Å². The summed E-state index contributed by atoms with van der Waals surface area (Å²) in [6.07, 6.45) is 4.97. The smallest absolute Gasteiger partial charge is 0.460 e. The molecule has 1 N–H and O–H groups in total. The predicted octanol–water partition coefficient (Wildman–Crippen LogP) is 2.11. The van der Waals surface area contributed by atoms with Crippen LogP contribution in [0.25, 0.3) is 0 Å². The van der Waals surface area contributed by atoms with Gasteiger partial charge in [0.2, 0.25) is 0 Å². The molecule has 0 aromatic rings. The lowest BCUT2D eigenvalue weighted by Crippen LogP contribution is -2.52. The van der Waals surface area contributed by atoms with Crippen molar-refractivity contribution < 1.29 is 48.3 Å². The molecule has 0 radical (unpaired) electrons. The number of rotatable bonds is 6. The Bertz CT molecular complexity index is 832. The van der Waals surface area contributed by atoms with Crippen LogP contribution in [0.5, 0.6) is 0 Å². The summed E-state index contributed by atoms with van der Waals surface area (Å²) in [7, 11) is -13.2. The third-order valence-corrected chi connectivity index (χ3v) is 8.98. The Labute approximate surface area is 158 Å². The molecule has 4 aliphatic carbocycles. The molecule has 0 aliphatic heterocycles. The Morgan fingerprint density at radius 1 is 0.893 bits per heavy atom. The first kappa shape index (κ1) is 21.7. The zero-order chi connectivity index (χ0) is 21.2. The number of sulfonamides is 2. The van der Waals surface area contributed by atoms with E-state index >= 15 is 0 Å². The van der Waals surface area contributed by atoms with Crippen molar-refractivity contribution in [2.75, 3.05) is 6.61 Å². The maximum absolute atomic E-state index is 13.9. The third-order valence-electron chi connectivity index (χ3n) is 5.77. The van der Waals surface area contributed by atoms with E-state index in [1.165, 1.54) is 0 Å². The second kappa shape index (κ2) is 6.49. The van der Waals surface area contributed by atoms with Crippen molar-refractivity contribution in [1.29, 1.82) is 0 Å². The summed E-state index contributed by atoms with van der Waals surface area (Å²) < 4.78 is 113. The number of carbonyl (C=O) groups is 1. The van der Waals surface area contributed by atoms with Crippen LogP contribution in [0.15, 0.2) is 0 Å². The van der Waals surface area contributed by atoms with Gasteiger partial charge in [0.15, 0.2) is 0 Å². The Balaban J connectivity index is 1.69. The molecule has 7 nitrogen and oxygen atoms in total. The van der Waals surface area contributed by atoms with Crippen LogP contribution in [-0.2, 0) is 29.6 Å². The standard InChI is InChI=1S/C14H18F5NO6S2/c15-13(16,27(22,23)20-28(24,25)14(17,18)19)11(21)26-7-12-4-8-1-9(5-12)3-10(2-8)6-12/h8-10,20H,1-7H2. The number of nitrogens with one attached hydrogen (secondary N) is 1. The lowest BCUT2D eigenvalue weighted by molar-refractivity contribution is -0.171. The van der Waals surface area contributed by atoms with Crippen LogP contribution < -0.4 is 4.13 Å². The number of alkyl halides is 5. The zero-order valence-electron chi connectivity index (χ0n) is 14.3. The van der Waals surface area contributed by atoms with Crippen molar-refractivity contribution in [3.8, 4) is 0 Å². The van der Waals surface area contributed by atoms with Gasteiger partial charge < -0.3 is 4.74 Å². The fourth-order valence-corrected chi connectivity index (χ4v) is 7.35. The summed E-state index contributed by atoms with van der Waals surface area (Å²) in [5.41, 5.74) is -6.70. The van der Waals surface area contributed by atoms with E-state index in [-0.39, 0.29) is 4.13 Å². The average Bonchev–Trinajstić information content (AvgIpc) is 2.49. The molecule has 0 amide bonds. The molecule has 0 atom stereocenters. The number of halogens is 5. The van der Waals surface area contributed by atoms with Crippen molar-refractivity contribution >= 4 is 26.0 Å². The monoisotopic (exact) mass is 455 g/mol. The van der Waals surface area contributed by atoms with Gasteiger partial charge in [0.1, 0.15) is 0 Å². The molecule has 0 unspecified atom stereocenters. The van der Waals surface area contributed by atoms with E-state index in [0.29, 0.717) is 37.0 Å². The van der Waals surface area contributed by atoms with E-state index in [9.17, 15) is 43.6 Å². The van der Waals surface area contributed by atoms with E-state index in [1.54, 1.807) is 0 Å². The minimum Gasteiger partial charge on any atom is -0.460 e. The molecule has 162 valence electrons. The van der Waals surface area contributed by atoms with Crippen LogP contribution in [0, 0.1) is 23.2 Å². The number of carbonyl (C=O) groups excluding carboxylic acids is 1. The maximum atomic E-state index is 13.9. The number of ether oxygens (including phenoxy) is 1. The van der Waals surface area contributed by atoms with Crippen molar-refractivity contribution in [3.63, 3.8) is 0 Å². The Morgan fingerprint density at radius 3 is 1.71 bits per heavy atom. The maximum Gasteiger partial charge on any atom is 0.512 e. The molecule has 14 heteroatoms. The molecule has 4 aliphatic rings. The van der Waals surface area contributed by atoms with E-state index in [4.69, 9.17) is 0 Å². The van der Waals surface area contributed by atoms with Crippen LogP contribution >= 0.6 is 0 Å². The third kappa shape index (κ3) is 3.74. The van der Waals surface area contributed by atoms with Gasteiger partial charge in [0, 0.05) is 5.41 Å². The Morgan fingerprint density at radius 2 is 1.32 bits per heavy atom.